The third-order valence-electron chi connectivity index (χ3n) is 7.69. The van der Waals surface area contributed by atoms with Crippen LogP contribution in [0.15, 0.2) is 48.5 Å². The lowest BCUT2D eigenvalue weighted by molar-refractivity contribution is -0.0116. The maximum Gasteiger partial charge on any atom is 0.115 e. The molecule has 2 heteroatoms. The highest BCUT2D eigenvalue weighted by Crippen LogP contribution is 2.56. The number of rotatable bonds is 4. The van der Waals surface area contributed by atoms with Crippen molar-refractivity contribution in [3.63, 3.8) is 0 Å². The highest BCUT2D eigenvalue weighted by molar-refractivity contribution is 5.45. The second-order valence-corrected chi connectivity index (χ2v) is 9.00. The van der Waals surface area contributed by atoms with Crippen LogP contribution in [0.25, 0.3) is 0 Å². The number of hydrogen-bond acceptors (Lipinski definition) is 2. The predicted octanol–water partition coefficient (Wildman–Crippen LogP) is 5.08. The summed E-state index contributed by atoms with van der Waals surface area (Å²) in [6, 6.07) is 17.8. The van der Waals surface area contributed by atoms with Gasteiger partial charge < -0.3 is 5.11 Å². The van der Waals surface area contributed by atoms with E-state index in [0.29, 0.717) is 17.2 Å². The molecule has 5 rings (SSSR count). The number of benzene rings is 2. The highest BCUT2D eigenvalue weighted by Gasteiger charge is 2.53. The molecule has 2 fully saturated rings. The predicted molar refractivity (Wildman–Crippen MR) is 110 cm³/mol. The molecule has 1 heterocycles. The zero-order chi connectivity index (χ0) is 18.3. The van der Waals surface area contributed by atoms with Crippen LogP contribution in [-0.2, 0) is 18.3 Å². The summed E-state index contributed by atoms with van der Waals surface area (Å²) in [5.41, 5.74) is 4.80. The van der Waals surface area contributed by atoms with Crippen LogP contribution >= 0.6 is 0 Å². The summed E-state index contributed by atoms with van der Waals surface area (Å²) in [5, 5.41) is 10.1. The van der Waals surface area contributed by atoms with Gasteiger partial charge in [0, 0.05) is 11.5 Å². The Hall–Kier alpha value is -1.80. The van der Waals surface area contributed by atoms with E-state index in [9.17, 15) is 5.11 Å². The van der Waals surface area contributed by atoms with Crippen molar-refractivity contribution in [1.29, 1.82) is 0 Å². The van der Waals surface area contributed by atoms with E-state index in [0.717, 1.165) is 5.92 Å². The molecule has 0 radical (unpaired) electrons. The van der Waals surface area contributed by atoms with Crippen molar-refractivity contribution in [3.05, 3.63) is 65.2 Å². The molecule has 2 nitrogen and oxygen atoms in total. The summed E-state index contributed by atoms with van der Waals surface area (Å²) < 4.78 is 0. The number of aryl methyl sites for hydroxylation is 1. The summed E-state index contributed by atoms with van der Waals surface area (Å²) in [7, 11) is 0. The van der Waals surface area contributed by atoms with Crippen LogP contribution in [0.2, 0.25) is 0 Å². The van der Waals surface area contributed by atoms with Crippen molar-refractivity contribution in [2.24, 2.45) is 5.92 Å². The van der Waals surface area contributed by atoms with E-state index in [-0.39, 0.29) is 0 Å². The van der Waals surface area contributed by atoms with E-state index < -0.39 is 0 Å². The fourth-order valence-corrected chi connectivity index (χ4v) is 6.48. The van der Waals surface area contributed by atoms with Crippen LogP contribution in [0.4, 0.5) is 0 Å². The molecule has 142 valence electrons. The molecule has 1 saturated carbocycles. The normalized spacial score (nSPS) is 29.8. The Balaban J connectivity index is 1.37. The van der Waals surface area contributed by atoms with E-state index in [2.05, 4.69) is 47.4 Å². The fraction of sp³-hybridized carbons (Fsp3) is 0.520. The molecular formula is C25H31NO. The van der Waals surface area contributed by atoms with Gasteiger partial charge in [-0.2, -0.15) is 0 Å². The molecule has 3 aliphatic rings. The van der Waals surface area contributed by atoms with Crippen LogP contribution in [0.1, 0.15) is 55.2 Å². The lowest BCUT2D eigenvalue weighted by atomic mass is 9.52. The first-order valence-corrected chi connectivity index (χ1v) is 10.9. The van der Waals surface area contributed by atoms with Gasteiger partial charge in [0.25, 0.3) is 0 Å². The number of fused-ring (bicyclic) bond motifs is 1. The summed E-state index contributed by atoms with van der Waals surface area (Å²) in [6.07, 6.45) is 10.3. The molecule has 1 saturated heterocycles. The second kappa shape index (κ2) is 6.98. The van der Waals surface area contributed by atoms with E-state index in [4.69, 9.17) is 0 Å². The molecule has 0 aromatic heterocycles. The third-order valence-corrected chi connectivity index (χ3v) is 7.69. The Morgan fingerprint density at radius 1 is 1.04 bits per heavy atom. The maximum atomic E-state index is 10.1. The molecule has 1 aliphatic heterocycles. The van der Waals surface area contributed by atoms with Gasteiger partial charge in [-0.15, -0.1) is 0 Å². The molecule has 0 unspecified atom stereocenters. The van der Waals surface area contributed by atoms with E-state index in [1.165, 1.54) is 81.1 Å². The molecule has 27 heavy (non-hydrogen) atoms. The number of hydrogen-bond donors (Lipinski definition) is 1. The van der Waals surface area contributed by atoms with Gasteiger partial charge in [0.15, 0.2) is 0 Å². The Labute approximate surface area is 163 Å². The molecule has 3 atom stereocenters. The first-order chi connectivity index (χ1) is 13.3. The van der Waals surface area contributed by atoms with Crippen LogP contribution in [-0.4, -0.2) is 29.1 Å². The third kappa shape index (κ3) is 2.99. The highest BCUT2D eigenvalue weighted by atomic mass is 16.3. The number of aromatic hydroxyl groups is 1. The number of phenols is 1. The lowest BCUT2D eigenvalue weighted by Gasteiger charge is -2.59. The van der Waals surface area contributed by atoms with E-state index in [1.807, 2.05) is 6.07 Å². The van der Waals surface area contributed by atoms with Crippen molar-refractivity contribution < 1.29 is 5.11 Å². The Bertz CT molecular complexity index is 801. The van der Waals surface area contributed by atoms with Gasteiger partial charge in [-0.25, -0.2) is 0 Å². The zero-order valence-corrected chi connectivity index (χ0v) is 16.2. The lowest BCUT2D eigenvalue weighted by Crippen LogP contribution is -2.61. The summed E-state index contributed by atoms with van der Waals surface area (Å²) in [5.74, 6) is 1.24. The molecule has 0 amide bonds. The SMILES string of the molecule is Oc1ccc2c(c1)[C@@]13CCCC[C@H]1[C@H](C2)N(CCCc1ccccc1)CC3. The van der Waals surface area contributed by atoms with Crippen LogP contribution in [0.3, 0.4) is 0 Å². The number of likely N-dealkylation sites (tertiary alicyclic amines) is 1. The fourth-order valence-electron chi connectivity index (χ4n) is 6.48. The van der Waals surface area contributed by atoms with Gasteiger partial charge in [-0.1, -0.05) is 49.2 Å². The zero-order valence-electron chi connectivity index (χ0n) is 16.2. The maximum absolute atomic E-state index is 10.1. The van der Waals surface area contributed by atoms with Crippen molar-refractivity contribution in [2.45, 2.75) is 62.8 Å². The second-order valence-electron chi connectivity index (χ2n) is 9.00. The van der Waals surface area contributed by atoms with Gasteiger partial charge in [-0.05, 0) is 86.4 Å². The molecule has 0 spiro atoms. The van der Waals surface area contributed by atoms with Gasteiger partial charge in [-0.3, -0.25) is 4.90 Å². The van der Waals surface area contributed by atoms with E-state index >= 15 is 0 Å². The number of piperidine rings is 1. The van der Waals surface area contributed by atoms with Gasteiger partial charge in [0.05, 0.1) is 0 Å². The van der Waals surface area contributed by atoms with Gasteiger partial charge in [0.2, 0.25) is 0 Å². The Morgan fingerprint density at radius 3 is 2.81 bits per heavy atom. The average molecular weight is 362 g/mol. The molecular weight excluding hydrogens is 330 g/mol. The first-order valence-electron chi connectivity index (χ1n) is 10.9. The van der Waals surface area contributed by atoms with Crippen molar-refractivity contribution in [1.82, 2.24) is 4.90 Å². The minimum absolute atomic E-state index is 0.338. The average Bonchev–Trinajstić information content (AvgIpc) is 2.71. The number of phenolic OH excluding ortho intramolecular Hbond substituents is 1. The van der Waals surface area contributed by atoms with Crippen molar-refractivity contribution in [3.8, 4) is 5.75 Å². The molecule has 1 N–H and O–H groups in total. The monoisotopic (exact) mass is 361 g/mol. The van der Waals surface area contributed by atoms with Crippen molar-refractivity contribution in [2.75, 3.05) is 13.1 Å². The molecule has 2 bridgehead atoms. The van der Waals surface area contributed by atoms with Crippen LogP contribution < -0.4 is 0 Å². The first kappa shape index (κ1) is 17.3. The topological polar surface area (TPSA) is 23.5 Å². The minimum atomic E-state index is 0.338. The smallest absolute Gasteiger partial charge is 0.115 e. The Kier molecular flexibility index (Phi) is 4.47. The van der Waals surface area contributed by atoms with Gasteiger partial charge in [0.1, 0.15) is 5.75 Å². The molecule has 2 aliphatic carbocycles. The van der Waals surface area contributed by atoms with Gasteiger partial charge >= 0.3 is 0 Å². The molecule has 2 aromatic rings. The van der Waals surface area contributed by atoms with Crippen LogP contribution in [0.5, 0.6) is 5.75 Å². The number of nitrogens with zero attached hydrogens (tertiary/aromatic N) is 1. The van der Waals surface area contributed by atoms with Crippen LogP contribution in [0, 0.1) is 5.92 Å². The summed E-state index contributed by atoms with van der Waals surface area (Å²) in [4.78, 5) is 2.81. The molecule has 2 aromatic carbocycles. The summed E-state index contributed by atoms with van der Waals surface area (Å²) >= 11 is 0. The largest absolute Gasteiger partial charge is 0.508 e. The summed E-state index contributed by atoms with van der Waals surface area (Å²) in [6.45, 7) is 2.45. The quantitative estimate of drug-likeness (QED) is 0.820. The van der Waals surface area contributed by atoms with Crippen molar-refractivity contribution >= 4 is 0 Å². The minimum Gasteiger partial charge on any atom is -0.508 e. The van der Waals surface area contributed by atoms with E-state index in [1.54, 1.807) is 0 Å². The Morgan fingerprint density at radius 2 is 1.93 bits per heavy atom. The standard InChI is InChI=1S/C25H31NO/c27-21-12-11-20-17-24-22-10-4-5-13-25(22,23(20)18-21)14-16-26(24)15-6-9-19-7-2-1-3-8-19/h1-3,7-8,11-12,18,22,24,27H,4-6,9-10,13-17H2/t22-,24-,25+/m0/s1.